The molecule has 180 valence electrons. The Labute approximate surface area is 213 Å². The molecule has 0 aliphatic carbocycles. The van der Waals surface area contributed by atoms with E-state index in [1.807, 2.05) is 30.3 Å². The molecule has 8 heteroatoms. The first-order valence-corrected chi connectivity index (χ1v) is 13.0. The van der Waals surface area contributed by atoms with Crippen LogP contribution in [0.4, 0.5) is 0 Å². The SMILES string of the molecule is CC(=O)NC1CCN(Cc2ccc(CCn3cnc4cc(-c5ccc(Cl)cc5)sc4c3=O)cc2)C1. The molecule has 2 aromatic carbocycles. The zero-order valence-corrected chi connectivity index (χ0v) is 21.1. The van der Waals surface area contributed by atoms with Crippen molar-refractivity contribution in [3.63, 3.8) is 0 Å². The van der Waals surface area contributed by atoms with E-state index < -0.39 is 0 Å². The van der Waals surface area contributed by atoms with Gasteiger partial charge in [0.25, 0.3) is 5.56 Å². The molecule has 1 aliphatic heterocycles. The Kier molecular flexibility index (Phi) is 7.00. The molecular formula is C27H27ClN4O2S. The van der Waals surface area contributed by atoms with E-state index in [0.717, 1.165) is 48.4 Å². The van der Waals surface area contributed by atoms with E-state index in [0.29, 0.717) is 16.3 Å². The summed E-state index contributed by atoms with van der Waals surface area (Å²) >= 11 is 7.47. The minimum atomic E-state index is -0.000378. The second kappa shape index (κ2) is 10.3. The number of benzene rings is 2. The van der Waals surface area contributed by atoms with Crippen LogP contribution in [0.15, 0.2) is 65.7 Å². The smallest absolute Gasteiger partial charge is 0.271 e. The molecule has 1 aliphatic rings. The zero-order valence-electron chi connectivity index (χ0n) is 19.5. The first kappa shape index (κ1) is 23.7. The van der Waals surface area contributed by atoms with Crippen molar-refractivity contribution in [2.75, 3.05) is 13.1 Å². The maximum absolute atomic E-state index is 13.1. The average molecular weight is 507 g/mol. The molecule has 35 heavy (non-hydrogen) atoms. The van der Waals surface area contributed by atoms with Crippen molar-refractivity contribution in [3.8, 4) is 10.4 Å². The Balaban J connectivity index is 1.21. The minimum Gasteiger partial charge on any atom is -0.352 e. The quantitative estimate of drug-likeness (QED) is 0.393. The number of rotatable bonds is 7. The van der Waals surface area contributed by atoms with Crippen LogP contribution in [0.1, 0.15) is 24.5 Å². The first-order chi connectivity index (χ1) is 16.9. The molecule has 0 saturated carbocycles. The van der Waals surface area contributed by atoms with Gasteiger partial charge in [-0.25, -0.2) is 4.98 Å². The maximum atomic E-state index is 13.1. The van der Waals surface area contributed by atoms with E-state index in [4.69, 9.17) is 11.6 Å². The molecule has 6 nitrogen and oxygen atoms in total. The Morgan fingerprint density at radius 3 is 2.63 bits per heavy atom. The van der Waals surface area contributed by atoms with Crippen molar-refractivity contribution in [2.24, 2.45) is 0 Å². The van der Waals surface area contributed by atoms with Crippen LogP contribution in [0, 0.1) is 0 Å². The summed E-state index contributed by atoms with van der Waals surface area (Å²) in [6.45, 7) is 4.92. The van der Waals surface area contributed by atoms with Gasteiger partial charge in [0.2, 0.25) is 5.91 Å². The predicted octanol–water partition coefficient (Wildman–Crippen LogP) is 4.73. The Hall–Kier alpha value is -3.00. The van der Waals surface area contributed by atoms with E-state index in [1.165, 1.54) is 22.5 Å². The van der Waals surface area contributed by atoms with E-state index in [9.17, 15) is 9.59 Å². The molecule has 1 unspecified atom stereocenters. The van der Waals surface area contributed by atoms with Crippen molar-refractivity contribution in [1.29, 1.82) is 0 Å². The van der Waals surface area contributed by atoms with E-state index in [2.05, 4.69) is 39.5 Å². The van der Waals surface area contributed by atoms with Crippen LogP contribution in [0.3, 0.4) is 0 Å². The van der Waals surface area contributed by atoms with Gasteiger partial charge in [-0.3, -0.25) is 19.1 Å². The van der Waals surface area contributed by atoms with Crippen molar-refractivity contribution in [1.82, 2.24) is 19.8 Å². The summed E-state index contributed by atoms with van der Waals surface area (Å²) in [5, 5.41) is 3.70. The van der Waals surface area contributed by atoms with Crippen LogP contribution < -0.4 is 10.9 Å². The number of amides is 1. The van der Waals surface area contributed by atoms with Gasteiger partial charge in [0, 0.05) is 49.0 Å². The number of hydrogen-bond donors (Lipinski definition) is 1. The lowest BCUT2D eigenvalue weighted by Gasteiger charge is -2.16. The average Bonchev–Trinajstić information content (AvgIpc) is 3.47. The van der Waals surface area contributed by atoms with Gasteiger partial charge in [0.05, 0.1) is 11.8 Å². The van der Waals surface area contributed by atoms with Gasteiger partial charge < -0.3 is 5.32 Å². The van der Waals surface area contributed by atoms with Crippen LogP contribution in [-0.4, -0.2) is 39.5 Å². The number of nitrogens with zero attached hydrogens (tertiary/aromatic N) is 3. The highest BCUT2D eigenvalue weighted by Crippen LogP contribution is 2.31. The Bertz CT molecular complexity index is 1400. The molecule has 0 radical (unpaired) electrons. The summed E-state index contributed by atoms with van der Waals surface area (Å²) in [5.41, 5.74) is 4.20. The fraction of sp³-hybridized carbons (Fsp3) is 0.296. The molecule has 1 N–H and O–H groups in total. The highest BCUT2D eigenvalue weighted by Gasteiger charge is 2.22. The molecule has 3 heterocycles. The third kappa shape index (κ3) is 5.64. The fourth-order valence-corrected chi connectivity index (χ4v) is 5.75. The lowest BCUT2D eigenvalue weighted by atomic mass is 10.1. The number of hydrogen-bond acceptors (Lipinski definition) is 5. The summed E-state index contributed by atoms with van der Waals surface area (Å²) in [6, 6.07) is 18.4. The molecule has 4 aromatic rings. The van der Waals surface area contributed by atoms with E-state index in [-0.39, 0.29) is 17.5 Å². The van der Waals surface area contributed by atoms with Crippen LogP contribution in [0.5, 0.6) is 0 Å². The van der Waals surface area contributed by atoms with Gasteiger partial charge in [-0.15, -0.1) is 11.3 Å². The highest BCUT2D eigenvalue weighted by atomic mass is 35.5. The second-order valence-electron chi connectivity index (χ2n) is 9.06. The highest BCUT2D eigenvalue weighted by molar-refractivity contribution is 7.22. The van der Waals surface area contributed by atoms with Gasteiger partial charge in [0.15, 0.2) is 0 Å². The number of nitrogens with one attached hydrogen (secondary N) is 1. The number of thiophene rings is 1. The summed E-state index contributed by atoms with van der Waals surface area (Å²) in [6.07, 6.45) is 3.41. The van der Waals surface area contributed by atoms with Gasteiger partial charge in [-0.05, 0) is 47.7 Å². The van der Waals surface area contributed by atoms with E-state index in [1.54, 1.807) is 17.8 Å². The molecule has 1 amide bonds. The largest absolute Gasteiger partial charge is 0.352 e. The monoisotopic (exact) mass is 506 g/mol. The number of aromatic nitrogens is 2. The number of halogens is 1. The number of carbonyl (C=O) groups is 1. The van der Waals surface area contributed by atoms with Gasteiger partial charge in [-0.2, -0.15) is 0 Å². The van der Waals surface area contributed by atoms with Crippen molar-refractivity contribution < 1.29 is 4.79 Å². The van der Waals surface area contributed by atoms with Gasteiger partial charge >= 0.3 is 0 Å². The lowest BCUT2D eigenvalue weighted by Crippen LogP contribution is -2.35. The molecule has 2 aromatic heterocycles. The normalized spacial score (nSPS) is 16.1. The van der Waals surface area contributed by atoms with Crippen LogP contribution in [0.2, 0.25) is 5.02 Å². The van der Waals surface area contributed by atoms with Crippen LogP contribution in [-0.2, 0) is 24.3 Å². The lowest BCUT2D eigenvalue weighted by molar-refractivity contribution is -0.119. The summed E-state index contributed by atoms with van der Waals surface area (Å²) in [7, 11) is 0. The summed E-state index contributed by atoms with van der Waals surface area (Å²) in [5.74, 6) is 0.0377. The van der Waals surface area contributed by atoms with Crippen molar-refractivity contribution in [2.45, 2.75) is 38.9 Å². The van der Waals surface area contributed by atoms with Crippen LogP contribution >= 0.6 is 22.9 Å². The Morgan fingerprint density at radius 1 is 1.14 bits per heavy atom. The van der Waals surface area contributed by atoms with Gasteiger partial charge in [0.1, 0.15) is 4.70 Å². The summed E-state index contributed by atoms with van der Waals surface area (Å²) in [4.78, 5) is 32.2. The zero-order chi connectivity index (χ0) is 24.4. The molecule has 1 atom stereocenters. The van der Waals surface area contributed by atoms with E-state index >= 15 is 0 Å². The standard InChI is InChI=1S/C27H27ClN4O2S/c1-18(33)30-23-11-12-31(16-23)15-20-4-2-19(3-5-20)10-13-32-17-29-24-14-25(35-26(24)27(32)34)21-6-8-22(28)9-7-21/h2-9,14,17,23H,10-13,15-16H2,1H3,(H,30,33). The Morgan fingerprint density at radius 2 is 1.89 bits per heavy atom. The second-order valence-corrected chi connectivity index (χ2v) is 10.6. The third-order valence-electron chi connectivity index (χ3n) is 6.38. The molecule has 0 bridgehead atoms. The number of aryl methyl sites for hydroxylation is 2. The maximum Gasteiger partial charge on any atom is 0.271 e. The van der Waals surface area contributed by atoms with Crippen LogP contribution in [0.25, 0.3) is 20.7 Å². The first-order valence-electron chi connectivity index (χ1n) is 11.8. The molecule has 5 rings (SSSR count). The number of carbonyl (C=O) groups excluding carboxylic acids is 1. The number of likely N-dealkylation sites (tertiary alicyclic amines) is 1. The molecule has 1 saturated heterocycles. The number of fused-ring (bicyclic) bond motifs is 1. The summed E-state index contributed by atoms with van der Waals surface area (Å²) < 4.78 is 2.38. The topological polar surface area (TPSA) is 67.2 Å². The van der Waals surface area contributed by atoms with Crippen molar-refractivity contribution in [3.05, 3.63) is 87.4 Å². The molecular weight excluding hydrogens is 480 g/mol. The minimum absolute atomic E-state index is 0.000378. The van der Waals surface area contributed by atoms with Crippen molar-refractivity contribution >= 4 is 39.1 Å². The van der Waals surface area contributed by atoms with Gasteiger partial charge in [-0.1, -0.05) is 48.0 Å². The fourth-order valence-electron chi connectivity index (χ4n) is 4.56. The predicted molar refractivity (Wildman–Crippen MR) is 142 cm³/mol. The molecule has 1 fully saturated rings. The third-order valence-corrected chi connectivity index (χ3v) is 7.80. The molecule has 0 spiro atoms.